The van der Waals surface area contributed by atoms with Gasteiger partial charge in [-0.2, -0.15) is 9.36 Å². The van der Waals surface area contributed by atoms with Gasteiger partial charge in [-0.3, -0.25) is 4.99 Å². The summed E-state index contributed by atoms with van der Waals surface area (Å²) >= 11 is 1.49. The molecule has 2 aromatic rings. The average Bonchev–Trinajstić information content (AvgIpc) is 3.28. The first-order valence-corrected chi connectivity index (χ1v) is 9.29. The molecule has 3 rings (SSSR count). The Hall–Kier alpha value is -1.50. The van der Waals surface area contributed by atoms with E-state index in [4.69, 9.17) is 4.52 Å². The topological polar surface area (TPSA) is 95.6 Å². The molecule has 0 unspecified atom stereocenters. The number of hydrogen-bond donors (Lipinski definition) is 1. The summed E-state index contributed by atoms with van der Waals surface area (Å²) < 4.78 is 9.50. The maximum Gasteiger partial charge on any atom is 0.228 e. The first kappa shape index (κ1) is 20.8. The van der Waals surface area contributed by atoms with Gasteiger partial charge in [-0.05, 0) is 6.92 Å². The van der Waals surface area contributed by atoms with E-state index in [-0.39, 0.29) is 24.0 Å². The van der Waals surface area contributed by atoms with Crippen molar-refractivity contribution in [2.75, 3.05) is 44.7 Å². The van der Waals surface area contributed by atoms with Crippen LogP contribution in [0.15, 0.2) is 9.52 Å². The fourth-order valence-corrected chi connectivity index (χ4v) is 3.48. The molecule has 3 heterocycles. The Kier molecular flexibility index (Phi) is 8.00. The van der Waals surface area contributed by atoms with Gasteiger partial charge in [0.1, 0.15) is 5.82 Å². The third-order valence-corrected chi connectivity index (χ3v) is 4.84. The van der Waals surface area contributed by atoms with E-state index in [1.54, 1.807) is 0 Å². The minimum atomic E-state index is 0. The van der Waals surface area contributed by atoms with E-state index in [9.17, 15) is 0 Å². The number of aromatic nitrogens is 4. The van der Waals surface area contributed by atoms with Crippen LogP contribution in [-0.4, -0.2) is 70.1 Å². The van der Waals surface area contributed by atoms with E-state index < -0.39 is 0 Å². The highest BCUT2D eigenvalue weighted by Crippen LogP contribution is 2.19. The quantitative estimate of drug-likeness (QED) is 0.380. The van der Waals surface area contributed by atoms with Crippen LogP contribution in [0, 0.1) is 6.92 Å². The molecule has 1 aliphatic heterocycles. The molecular weight excluding hydrogens is 467 g/mol. The highest BCUT2D eigenvalue weighted by molar-refractivity contribution is 14.0. The van der Waals surface area contributed by atoms with Crippen molar-refractivity contribution >= 4 is 46.6 Å². The van der Waals surface area contributed by atoms with E-state index in [1.165, 1.54) is 11.5 Å². The average molecular weight is 492 g/mol. The van der Waals surface area contributed by atoms with Crippen LogP contribution in [0.5, 0.6) is 0 Å². The van der Waals surface area contributed by atoms with Gasteiger partial charge in [-0.25, -0.2) is 4.98 Å². The first-order valence-electron chi connectivity index (χ1n) is 8.52. The Balaban J connectivity index is 0.00000243. The number of aryl methyl sites for hydroxylation is 2. The Morgan fingerprint density at radius 3 is 2.62 bits per heavy atom. The number of aliphatic imine (C=N–C) groups is 1. The third kappa shape index (κ3) is 5.25. The molecule has 0 aliphatic carbocycles. The minimum absolute atomic E-state index is 0. The summed E-state index contributed by atoms with van der Waals surface area (Å²) in [5, 5.41) is 8.19. The van der Waals surface area contributed by atoms with Crippen molar-refractivity contribution in [3.63, 3.8) is 0 Å². The second kappa shape index (κ2) is 10.00. The number of rotatable bonds is 5. The second-order valence-electron chi connectivity index (χ2n) is 5.78. The van der Waals surface area contributed by atoms with Crippen LogP contribution in [-0.2, 0) is 12.8 Å². The van der Waals surface area contributed by atoms with Crippen LogP contribution in [0.25, 0.3) is 0 Å². The summed E-state index contributed by atoms with van der Waals surface area (Å²) in [7, 11) is 1.81. The molecule has 0 amide bonds. The highest BCUT2D eigenvalue weighted by Gasteiger charge is 2.22. The zero-order valence-electron chi connectivity index (χ0n) is 15.3. The summed E-state index contributed by atoms with van der Waals surface area (Å²) in [6.45, 7) is 8.25. The summed E-state index contributed by atoms with van der Waals surface area (Å²) in [4.78, 5) is 17.7. The lowest BCUT2D eigenvalue weighted by atomic mass is 10.3. The monoisotopic (exact) mass is 492 g/mol. The van der Waals surface area contributed by atoms with Gasteiger partial charge in [0.2, 0.25) is 11.0 Å². The molecule has 0 spiro atoms. The first-order chi connectivity index (χ1) is 12.2. The van der Waals surface area contributed by atoms with Gasteiger partial charge in [0.15, 0.2) is 11.8 Å². The molecule has 144 valence electrons. The van der Waals surface area contributed by atoms with Crippen molar-refractivity contribution in [3.8, 4) is 0 Å². The van der Waals surface area contributed by atoms with E-state index in [0.29, 0.717) is 24.7 Å². The van der Waals surface area contributed by atoms with E-state index in [1.807, 2.05) is 14.0 Å². The molecule has 1 fully saturated rings. The Morgan fingerprint density at radius 1 is 1.27 bits per heavy atom. The maximum atomic E-state index is 5.13. The van der Waals surface area contributed by atoms with Gasteiger partial charge in [-0.15, -0.1) is 24.0 Å². The number of anilines is 1. The molecule has 0 bridgehead atoms. The van der Waals surface area contributed by atoms with Gasteiger partial charge in [-0.1, -0.05) is 12.1 Å². The number of hydrogen-bond acceptors (Lipinski definition) is 8. The van der Waals surface area contributed by atoms with Crippen LogP contribution < -0.4 is 10.2 Å². The number of nitrogens with one attached hydrogen (secondary N) is 1. The minimum Gasteiger partial charge on any atom is -0.356 e. The van der Waals surface area contributed by atoms with Crippen molar-refractivity contribution in [1.82, 2.24) is 29.7 Å². The zero-order valence-corrected chi connectivity index (χ0v) is 18.5. The lowest BCUT2D eigenvalue weighted by Crippen LogP contribution is -2.52. The van der Waals surface area contributed by atoms with E-state index in [0.717, 1.165) is 49.5 Å². The van der Waals surface area contributed by atoms with Crippen LogP contribution in [0.2, 0.25) is 0 Å². The highest BCUT2D eigenvalue weighted by atomic mass is 127. The molecule has 26 heavy (non-hydrogen) atoms. The molecule has 0 atom stereocenters. The van der Waals surface area contributed by atoms with Crippen molar-refractivity contribution < 1.29 is 4.52 Å². The molecule has 9 nitrogen and oxygen atoms in total. The smallest absolute Gasteiger partial charge is 0.228 e. The van der Waals surface area contributed by atoms with Crippen LogP contribution in [0.4, 0.5) is 5.13 Å². The van der Waals surface area contributed by atoms with Crippen LogP contribution in [0.1, 0.15) is 24.5 Å². The standard InChI is InChI=1S/C15H24N8OS.HI/c1-4-12-19-15(25-21-12)23-9-7-22(8-10-23)14(16-3)17-6-5-13-18-11(2)20-24-13;/h4-10H2,1-3H3,(H,16,17);1H. The Morgan fingerprint density at radius 2 is 2.04 bits per heavy atom. The fraction of sp³-hybridized carbons (Fsp3) is 0.667. The Labute approximate surface area is 174 Å². The summed E-state index contributed by atoms with van der Waals surface area (Å²) in [5.41, 5.74) is 0. The number of guanidine groups is 1. The van der Waals surface area contributed by atoms with E-state index in [2.05, 4.69) is 46.5 Å². The van der Waals surface area contributed by atoms with Crippen molar-refractivity contribution in [1.29, 1.82) is 0 Å². The molecule has 1 N–H and O–H groups in total. The molecular formula is C15H25IN8OS. The summed E-state index contributed by atoms with van der Waals surface area (Å²) in [6.07, 6.45) is 1.57. The molecule has 11 heteroatoms. The van der Waals surface area contributed by atoms with Gasteiger partial charge in [0.25, 0.3) is 0 Å². The second-order valence-corrected chi connectivity index (χ2v) is 6.51. The number of piperazine rings is 1. The lowest BCUT2D eigenvalue weighted by molar-refractivity contribution is 0.363. The predicted octanol–water partition coefficient (Wildman–Crippen LogP) is 1.35. The molecule has 0 saturated carbocycles. The summed E-state index contributed by atoms with van der Waals surface area (Å²) in [5.74, 6) is 3.14. The molecule has 0 aromatic carbocycles. The van der Waals surface area contributed by atoms with Crippen molar-refractivity contribution in [2.24, 2.45) is 4.99 Å². The Bertz CT molecular complexity index is 710. The van der Waals surface area contributed by atoms with Gasteiger partial charge in [0.05, 0.1) is 0 Å². The van der Waals surface area contributed by atoms with Crippen LogP contribution in [0.3, 0.4) is 0 Å². The van der Waals surface area contributed by atoms with Gasteiger partial charge >= 0.3 is 0 Å². The van der Waals surface area contributed by atoms with Crippen molar-refractivity contribution in [3.05, 3.63) is 17.5 Å². The van der Waals surface area contributed by atoms with Crippen LogP contribution >= 0.6 is 35.5 Å². The molecule has 1 aliphatic rings. The van der Waals surface area contributed by atoms with Gasteiger partial charge in [0, 0.05) is 64.1 Å². The normalized spacial score (nSPS) is 15.1. The van der Waals surface area contributed by atoms with E-state index >= 15 is 0 Å². The van der Waals surface area contributed by atoms with Crippen molar-refractivity contribution in [2.45, 2.75) is 26.7 Å². The maximum absolute atomic E-state index is 5.13. The fourth-order valence-electron chi connectivity index (χ4n) is 2.68. The molecule has 1 saturated heterocycles. The largest absolute Gasteiger partial charge is 0.356 e. The predicted molar refractivity (Wildman–Crippen MR) is 113 cm³/mol. The SMILES string of the molecule is CCc1nsc(N2CCN(C(=NC)NCCc3nc(C)no3)CC2)n1.I. The zero-order chi connectivity index (χ0) is 17.6. The number of nitrogens with zero attached hydrogens (tertiary/aromatic N) is 7. The lowest BCUT2D eigenvalue weighted by Gasteiger charge is -2.36. The summed E-state index contributed by atoms with van der Waals surface area (Å²) in [6, 6.07) is 0. The number of halogens is 1. The molecule has 0 radical (unpaired) electrons. The third-order valence-electron chi connectivity index (χ3n) is 4.03. The van der Waals surface area contributed by atoms with Gasteiger partial charge < -0.3 is 19.6 Å². The molecule has 2 aromatic heterocycles.